The van der Waals surface area contributed by atoms with Gasteiger partial charge in [0.05, 0.1) is 12.5 Å². The molecular weight excluding hydrogens is 234 g/mol. The maximum absolute atomic E-state index is 11.6. The molecule has 0 aromatic carbocycles. The fourth-order valence-electron chi connectivity index (χ4n) is 1.49. The second-order valence-corrected chi connectivity index (χ2v) is 4.12. The van der Waals surface area contributed by atoms with Crippen molar-refractivity contribution in [1.82, 2.24) is 15.6 Å². The molecule has 2 unspecified atom stereocenters. The number of carbonyl (C=O) groups excluding carboxylic acids is 1. The standard InChI is InChI=1S/C12H17N3O3/c1-8(6-11(16)17)14-12(18)15-9(2)10-4-3-5-13-7-10/h3-5,7-9H,6H2,1-2H3,(H,16,17)(H2,14,15,18). The van der Waals surface area contributed by atoms with Crippen LogP contribution in [-0.2, 0) is 4.79 Å². The Morgan fingerprint density at radius 1 is 1.39 bits per heavy atom. The van der Waals surface area contributed by atoms with Crippen molar-refractivity contribution in [2.45, 2.75) is 32.4 Å². The number of carboxylic acid groups (broad SMARTS) is 1. The fraction of sp³-hybridized carbons (Fsp3) is 0.417. The van der Waals surface area contributed by atoms with E-state index in [9.17, 15) is 9.59 Å². The Balaban J connectivity index is 2.43. The first kappa shape index (κ1) is 14.0. The Bertz CT molecular complexity index is 408. The number of urea groups is 1. The lowest BCUT2D eigenvalue weighted by molar-refractivity contribution is -0.137. The molecule has 98 valence electrons. The monoisotopic (exact) mass is 251 g/mol. The summed E-state index contributed by atoms with van der Waals surface area (Å²) in [6.07, 6.45) is 3.23. The van der Waals surface area contributed by atoms with Gasteiger partial charge in [0.1, 0.15) is 0 Å². The molecule has 0 radical (unpaired) electrons. The average Bonchev–Trinajstić information content (AvgIpc) is 2.28. The molecule has 1 rings (SSSR count). The highest BCUT2D eigenvalue weighted by atomic mass is 16.4. The van der Waals surface area contributed by atoms with Crippen LogP contribution in [0.5, 0.6) is 0 Å². The molecule has 2 atom stereocenters. The number of aromatic nitrogens is 1. The molecular formula is C12H17N3O3. The minimum atomic E-state index is -0.942. The molecule has 0 aliphatic heterocycles. The zero-order chi connectivity index (χ0) is 13.5. The molecule has 0 aliphatic rings. The number of aliphatic carboxylic acids is 1. The fourth-order valence-corrected chi connectivity index (χ4v) is 1.49. The number of nitrogens with zero attached hydrogens (tertiary/aromatic N) is 1. The van der Waals surface area contributed by atoms with Crippen molar-refractivity contribution in [3.05, 3.63) is 30.1 Å². The van der Waals surface area contributed by atoms with E-state index >= 15 is 0 Å². The summed E-state index contributed by atoms with van der Waals surface area (Å²) in [4.78, 5) is 26.0. The van der Waals surface area contributed by atoms with Gasteiger partial charge in [-0.15, -0.1) is 0 Å². The van der Waals surface area contributed by atoms with E-state index in [1.807, 2.05) is 13.0 Å². The van der Waals surface area contributed by atoms with Crippen LogP contribution < -0.4 is 10.6 Å². The molecule has 0 spiro atoms. The molecule has 1 heterocycles. The molecule has 3 N–H and O–H groups in total. The number of carbonyl (C=O) groups is 2. The van der Waals surface area contributed by atoms with E-state index in [-0.39, 0.29) is 18.5 Å². The van der Waals surface area contributed by atoms with Crippen molar-refractivity contribution in [3.8, 4) is 0 Å². The van der Waals surface area contributed by atoms with Crippen LogP contribution >= 0.6 is 0 Å². The second kappa shape index (κ2) is 6.58. The summed E-state index contributed by atoms with van der Waals surface area (Å²) in [6.45, 7) is 3.47. The largest absolute Gasteiger partial charge is 0.481 e. The summed E-state index contributed by atoms with van der Waals surface area (Å²) in [5.41, 5.74) is 0.888. The topological polar surface area (TPSA) is 91.3 Å². The molecule has 1 aromatic heterocycles. The van der Waals surface area contributed by atoms with Crippen LogP contribution in [0.4, 0.5) is 4.79 Å². The van der Waals surface area contributed by atoms with Crippen LogP contribution in [0.3, 0.4) is 0 Å². The average molecular weight is 251 g/mol. The molecule has 6 nitrogen and oxygen atoms in total. The SMILES string of the molecule is CC(CC(=O)O)NC(=O)NC(C)c1cccnc1. The third-order valence-corrected chi connectivity index (χ3v) is 2.39. The maximum Gasteiger partial charge on any atom is 0.315 e. The Morgan fingerprint density at radius 3 is 2.67 bits per heavy atom. The van der Waals surface area contributed by atoms with Crippen LogP contribution in [0.2, 0.25) is 0 Å². The molecule has 0 saturated carbocycles. The first-order chi connectivity index (χ1) is 8.49. The lowest BCUT2D eigenvalue weighted by atomic mass is 10.1. The van der Waals surface area contributed by atoms with Gasteiger partial charge in [-0.25, -0.2) is 4.79 Å². The molecule has 2 amide bonds. The van der Waals surface area contributed by atoms with E-state index in [0.29, 0.717) is 0 Å². The zero-order valence-electron chi connectivity index (χ0n) is 10.4. The normalized spacial score (nSPS) is 13.4. The van der Waals surface area contributed by atoms with E-state index in [1.54, 1.807) is 25.4 Å². The van der Waals surface area contributed by atoms with Gasteiger partial charge >= 0.3 is 12.0 Å². The molecule has 18 heavy (non-hydrogen) atoms. The van der Waals surface area contributed by atoms with Crippen LogP contribution in [0, 0.1) is 0 Å². The first-order valence-corrected chi connectivity index (χ1v) is 5.67. The van der Waals surface area contributed by atoms with Crippen LogP contribution in [0.1, 0.15) is 31.9 Å². The van der Waals surface area contributed by atoms with Gasteiger partial charge in [0.2, 0.25) is 0 Å². The number of amides is 2. The van der Waals surface area contributed by atoms with Crippen LogP contribution in [-0.4, -0.2) is 28.1 Å². The number of nitrogens with one attached hydrogen (secondary N) is 2. The van der Waals surface area contributed by atoms with Gasteiger partial charge in [0.25, 0.3) is 0 Å². The lowest BCUT2D eigenvalue weighted by Crippen LogP contribution is -2.42. The van der Waals surface area contributed by atoms with Crippen molar-refractivity contribution >= 4 is 12.0 Å². The molecule has 0 aliphatic carbocycles. The number of hydrogen-bond donors (Lipinski definition) is 3. The second-order valence-electron chi connectivity index (χ2n) is 4.12. The predicted octanol–water partition coefficient (Wildman–Crippen LogP) is 1.30. The number of rotatable bonds is 5. The van der Waals surface area contributed by atoms with Crippen molar-refractivity contribution < 1.29 is 14.7 Å². The maximum atomic E-state index is 11.6. The Labute approximate surface area is 105 Å². The third kappa shape index (κ3) is 4.82. The number of pyridine rings is 1. The van der Waals surface area contributed by atoms with E-state index in [2.05, 4.69) is 15.6 Å². The van der Waals surface area contributed by atoms with Gasteiger partial charge in [0, 0.05) is 18.4 Å². The first-order valence-electron chi connectivity index (χ1n) is 5.67. The lowest BCUT2D eigenvalue weighted by Gasteiger charge is -2.17. The van der Waals surface area contributed by atoms with E-state index in [4.69, 9.17) is 5.11 Å². The summed E-state index contributed by atoms with van der Waals surface area (Å²) in [5, 5.41) is 13.9. The smallest absolute Gasteiger partial charge is 0.315 e. The third-order valence-electron chi connectivity index (χ3n) is 2.39. The Hall–Kier alpha value is -2.11. The quantitative estimate of drug-likeness (QED) is 0.735. The zero-order valence-corrected chi connectivity index (χ0v) is 10.4. The molecule has 0 bridgehead atoms. The van der Waals surface area contributed by atoms with Crippen molar-refractivity contribution in [3.63, 3.8) is 0 Å². The van der Waals surface area contributed by atoms with Crippen LogP contribution in [0.15, 0.2) is 24.5 Å². The minimum Gasteiger partial charge on any atom is -0.481 e. The Morgan fingerprint density at radius 2 is 2.11 bits per heavy atom. The van der Waals surface area contributed by atoms with Crippen molar-refractivity contribution in [2.24, 2.45) is 0 Å². The van der Waals surface area contributed by atoms with Crippen molar-refractivity contribution in [1.29, 1.82) is 0 Å². The predicted molar refractivity (Wildman–Crippen MR) is 66.0 cm³/mol. The van der Waals surface area contributed by atoms with Gasteiger partial charge < -0.3 is 15.7 Å². The molecule has 0 saturated heterocycles. The molecule has 0 fully saturated rings. The summed E-state index contributed by atoms with van der Waals surface area (Å²) in [5.74, 6) is -0.942. The minimum absolute atomic E-state index is 0.102. The summed E-state index contributed by atoms with van der Waals surface area (Å²) < 4.78 is 0. The van der Waals surface area contributed by atoms with E-state index < -0.39 is 12.0 Å². The van der Waals surface area contributed by atoms with Gasteiger partial charge in [-0.1, -0.05) is 6.07 Å². The van der Waals surface area contributed by atoms with Crippen molar-refractivity contribution in [2.75, 3.05) is 0 Å². The molecule has 6 heteroatoms. The highest BCUT2D eigenvalue weighted by Crippen LogP contribution is 2.09. The number of hydrogen-bond acceptors (Lipinski definition) is 3. The van der Waals surface area contributed by atoms with Gasteiger partial charge in [-0.2, -0.15) is 0 Å². The van der Waals surface area contributed by atoms with Crippen LogP contribution in [0.25, 0.3) is 0 Å². The van der Waals surface area contributed by atoms with Gasteiger partial charge in [0.15, 0.2) is 0 Å². The summed E-state index contributed by atoms with van der Waals surface area (Å²) >= 11 is 0. The number of carboxylic acids is 1. The van der Waals surface area contributed by atoms with E-state index in [1.165, 1.54) is 0 Å². The summed E-state index contributed by atoms with van der Waals surface area (Å²) in [6, 6.07) is 2.66. The van der Waals surface area contributed by atoms with E-state index in [0.717, 1.165) is 5.56 Å². The van der Waals surface area contributed by atoms with Gasteiger partial charge in [-0.3, -0.25) is 9.78 Å². The highest BCUT2D eigenvalue weighted by molar-refractivity contribution is 5.76. The highest BCUT2D eigenvalue weighted by Gasteiger charge is 2.13. The van der Waals surface area contributed by atoms with Gasteiger partial charge in [-0.05, 0) is 25.5 Å². The Kier molecular flexibility index (Phi) is 5.10. The molecule has 1 aromatic rings. The summed E-state index contributed by atoms with van der Waals surface area (Å²) in [7, 11) is 0.